The second-order valence-electron chi connectivity index (χ2n) is 2.53. The third-order valence-electron chi connectivity index (χ3n) is 1.49. The first-order chi connectivity index (χ1) is 6.32. The van der Waals surface area contributed by atoms with Gasteiger partial charge in [0.15, 0.2) is 4.90 Å². The van der Waals surface area contributed by atoms with Crippen molar-refractivity contribution < 1.29 is 13.3 Å². The number of rotatable bonds is 2. The molecule has 0 radical (unpaired) electrons. The average molecular weight is 254 g/mol. The van der Waals surface area contributed by atoms with Crippen LogP contribution in [0.1, 0.15) is 0 Å². The zero-order chi connectivity index (χ0) is 10.9. The molecule has 0 aromatic heterocycles. The fourth-order valence-electron chi connectivity index (χ4n) is 0.918. The van der Waals surface area contributed by atoms with Crippen LogP contribution in [0.2, 0.25) is 0 Å². The van der Waals surface area contributed by atoms with E-state index in [4.69, 9.17) is 10.9 Å². The Morgan fingerprint density at radius 1 is 1.33 bits per heavy atom. The molecule has 0 unspecified atom stereocenters. The lowest BCUT2D eigenvalue weighted by atomic mass is 10.3. The molecule has 1 aromatic rings. The Balaban J connectivity index is 0.00000196. The number of nitrogens with zero attached hydrogens (tertiary/aromatic N) is 1. The van der Waals surface area contributed by atoms with Gasteiger partial charge >= 0.3 is 0 Å². The third kappa shape index (κ3) is 3.05. The Kier molecular flexibility index (Phi) is 4.02. The first-order valence-corrected chi connectivity index (χ1v) is 4.93. The highest BCUT2D eigenvalue weighted by molar-refractivity contribution is 7.89. The predicted octanol–water partition coefficient (Wildman–Crippen LogP) is 0.246. The van der Waals surface area contributed by atoms with Crippen LogP contribution in [0.15, 0.2) is 23.1 Å². The summed E-state index contributed by atoms with van der Waals surface area (Å²) in [7, 11) is -4.09. The minimum absolute atomic E-state index is 0. The molecule has 0 fully saturated rings. The van der Waals surface area contributed by atoms with Crippen LogP contribution < -0.4 is 10.9 Å². The first-order valence-electron chi connectivity index (χ1n) is 3.39. The van der Waals surface area contributed by atoms with Gasteiger partial charge in [-0.1, -0.05) is 0 Å². The number of nitrogens with two attached hydrogens (primary N) is 2. The van der Waals surface area contributed by atoms with Gasteiger partial charge in [0.05, 0.1) is 4.92 Å². The van der Waals surface area contributed by atoms with Crippen molar-refractivity contribution in [2.75, 3.05) is 5.73 Å². The van der Waals surface area contributed by atoms with Gasteiger partial charge in [-0.3, -0.25) is 10.1 Å². The van der Waals surface area contributed by atoms with E-state index in [1.165, 1.54) is 6.07 Å². The molecule has 0 aliphatic heterocycles. The van der Waals surface area contributed by atoms with E-state index in [2.05, 4.69) is 0 Å². The highest BCUT2D eigenvalue weighted by atomic mass is 35.5. The quantitative estimate of drug-likeness (QED) is 0.443. The third-order valence-corrected chi connectivity index (χ3v) is 2.44. The normalized spacial score (nSPS) is 10.5. The minimum Gasteiger partial charge on any atom is -0.399 e. The zero-order valence-electron chi connectivity index (χ0n) is 7.28. The summed E-state index contributed by atoms with van der Waals surface area (Å²) in [5.74, 6) is 0. The Morgan fingerprint density at radius 2 is 1.87 bits per heavy atom. The molecule has 84 valence electrons. The van der Waals surface area contributed by atoms with E-state index in [1.54, 1.807) is 0 Å². The van der Waals surface area contributed by atoms with Crippen LogP contribution >= 0.6 is 12.4 Å². The van der Waals surface area contributed by atoms with Gasteiger partial charge < -0.3 is 5.73 Å². The molecule has 0 aliphatic carbocycles. The lowest BCUT2D eigenvalue weighted by Crippen LogP contribution is -2.14. The molecule has 4 N–H and O–H groups in total. The summed E-state index contributed by atoms with van der Waals surface area (Å²) in [5.41, 5.74) is 4.75. The Labute approximate surface area is 91.7 Å². The van der Waals surface area contributed by atoms with E-state index in [0.29, 0.717) is 0 Å². The average Bonchev–Trinajstić information content (AvgIpc) is 2.01. The van der Waals surface area contributed by atoms with Gasteiger partial charge in [-0.2, -0.15) is 0 Å². The van der Waals surface area contributed by atoms with Gasteiger partial charge in [-0.25, -0.2) is 13.6 Å². The number of nitro groups is 1. The lowest BCUT2D eigenvalue weighted by Gasteiger charge is -2.00. The summed E-state index contributed by atoms with van der Waals surface area (Å²) in [6.07, 6.45) is 0. The number of primary sulfonamides is 1. The van der Waals surface area contributed by atoms with Crippen molar-refractivity contribution in [2.45, 2.75) is 4.90 Å². The molecule has 15 heavy (non-hydrogen) atoms. The smallest absolute Gasteiger partial charge is 0.291 e. The van der Waals surface area contributed by atoms with Gasteiger partial charge in [0.2, 0.25) is 10.0 Å². The number of nitro benzene ring substituents is 1. The van der Waals surface area contributed by atoms with E-state index in [9.17, 15) is 18.5 Å². The van der Waals surface area contributed by atoms with Crippen LogP contribution in [-0.4, -0.2) is 13.3 Å². The lowest BCUT2D eigenvalue weighted by molar-refractivity contribution is -0.387. The Hall–Kier alpha value is -1.38. The summed E-state index contributed by atoms with van der Waals surface area (Å²) in [4.78, 5) is 9.05. The molecular weight excluding hydrogens is 246 g/mol. The topological polar surface area (TPSA) is 129 Å². The molecule has 0 atom stereocenters. The molecule has 0 heterocycles. The molecule has 0 spiro atoms. The van der Waals surface area contributed by atoms with Crippen LogP contribution in [0, 0.1) is 10.1 Å². The Bertz CT molecular complexity index is 487. The van der Waals surface area contributed by atoms with Gasteiger partial charge in [0.1, 0.15) is 0 Å². The summed E-state index contributed by atoms with van der Waals surface area (Å²) in [5, 5.41) is 15.2. The highest BCUT2D eigenvalue weighted by Gasteiger charge is 2.22. The molecule has 0 bridgehead atoms. The second-order valence-corrected chi connectivity index (χ2v) is 4.06. The molecule has 9 heteroatoms. The number of sulfonamides is 1. The molecule has 0 saturated carbocycles. The van der Waals surface area contributed by atoms with Crippen molar-refractivity contribution >= 4 is 33.8 Å². The molecule has 0 saturated heterocycles. The first kappa shape index (κ1) is 13.6. The fourth-order valence-corrected chi connectivity index (χ4v) is 1.60. The van der Waals surface area contributed by atoms with Crippen molar-refractivity contribution in [1.29, 1.82) is 0 Å². The predicted molar refractivity (Wildman–Crippen MR) is 56.1 cm³/mol. The summed E-state index contributed by atoms with van der Waals surface area (Å²) in [6.45, 7) is 0. The van der Waals surface area contributed by atoms with E-state index in [1.807, 2.05) is 0 Å². The SMILES string of the molecule is Cl.Nc1ccc(S(N)(=O)=O)c([N+](=O)[O-])c1. The van der Waals surface area contributed by atoms with Crippen molar-refractivity contribution in [3.05, 3.63) is 28.3 Å². The van der Waals surface area contributed by atoms with Gasteiger partial charge in [-0.15, -0.1) is 12.4 Å². The number of anilines is 1. The van der Waals surface area contributed by atoms with Crippen LogP contribution in [0.25, 0.3) is 0 Å². The maximum absolute atomic E-state index is 10.9. The fraction of sp³-hybridized carbons (Fsp3) is 0. The molecular formula is C6H8ClN3O4S. The molecule has 1 aromatic carbocycles. The standard InChI is InChI=1S/C6H7N3O4S.ClH/c7-4-1-2-6(14(8,12)13)5(3-4)9(10)11;/h1-3H,7H2,(H2,8,12,13);1H. The van der Waals surface area contributed by atoms with Crippen molar-refractivity contribution in [3.63, 3.8) is 0 Å². The van der Waals surface area contributed by atoms with E-state index in [0.717, 1.165) is 12.1 Å². The molecule has 1 rings (SSSR count). The van der Waals surface area contributed by atoms with Crippen molar-refractivity contribution in [2.24, 2.45) is 5.14 Å². The number of halogens is 1. The number of hydrogen-bond acceptors (Lipinski definition) is 5. The largest absolute Gasteiger partial charge is 0.399 e. The van der Waals surface area contributed by atoms with E-state index < -0.39 is 25.5 Å². The van der Waals surface area contributed by atoms with Crippen LogP contribution in [0.4, 0.5) is 11.4 Å². The maximum Gasteiger partial charge on any atom is 0.291 e. The van der Waals surface area contributed by atoms with Crippen molar-refractivity contribution in [3.8, 4) is 0 Å². The zero-order valence-corrected chi connectivity index (χ0v) is 8.92. The van der Waals surface area contributed by atoms with E-state index in [-0.39, 0.29) is 18.1 Å². The molecule has 7 nitrogen and oxygen atoms in total. The monoisotopic (exact) mass is 253 g/mol. The van der Waals surface area contributed by atoms with Gasteiger partial charge in [0, 0.05) is 11.8 Å². The summed E-state index contributed by atoms with van der Waals surface area (Å²) in [6, 6.07) is 3.18. The molecule has 0 amide bonds. The van der Waals surface area contributed by atoms with Crippen molar-refractivity contribution in [1.82, 2.24) is 0 Å². The molecule has 0 aliphatic rings. The number of nitrogen functional groups attached to an aromatic ring is 1. The highest BCUT2D eigenvalue weighted by Crippen LogP contribution is 2.24. The van der Waals surface area contributed by atoms with Gasteiger partial charge in [0.25, 0.3) is 5.69 Å². The maximum atomic E-state index is 10.9. The van der Waals surface area contributed by atoms with Crippen LogP contribution in [0.5, 0.6) is 0 Å². The summed E-state index contributed by atoms with van der Waals surface area (Å²) >= 11 is 0. The minimum atomic E-state index is -4.09. The number of hydrogen-bond donors (Lipinski definition) is 2. The van der Waals surface area contributed by atoms with Gasteiger partial charge in [-0.05, 0) is 12.1 Å². The Morgan fingerprint density at radius 3 is 2.27 bits per heavy atom. The van der Waals surface area contributed by atoms with E-state index >= 15 is 0 Å². The van der Waals surface area contributed by atoms with Crippen LogP contribution in [-0.2, 0) is 10.0 Å². The second kappa shape index (κ2) is 4.43. The number of benzene rings is 1. The summed E-state index contributed by atoms with van der Waals surface area (Å²) < 4.78 is 21.8. The van der Waals surface area contributed by atoms with Crippen LogP contribution in [0.3, 0.4) is 0 Å².